The molecule has 1 aromatic heterocycles. The van der Waals surface area contributed by atoms with Crippen molar-refractivity contribution in [2.24, 2.45) is 0 Å². The summed E-state index contributed by atoms with van der Waals surface area (Å²) >= 11 is 0. The fourth-order valence-electron chi connectivity index (χ4n) is 2.60. The highest BCUT2D eigenvalue weighted by atomic mass is 16.2. The number of rotatable bonds is 8. The van der Waals surface area contributed by atoms with Crippen molar-refractivity contribution < 1.29 is 4.79 Å². The summed E-state index contributed by atoms with van der Waals surface area (Å²) < 4.78 is 0. The first-order chi connectivity index (χ1) is 11.6. The molecule has 4 heteroatoms. The molecule has 4 nitrogen and oxygen atoms in total. The molecule has 128 valence electrons. The van der Waals surface area contributed by atoms with E-state index in [1.165, 1.54) is 11.1 Å². The highest BCUT2D eigenvalue weighted by Gasteiger charge is 2.14. The van der Waals surface area contributed by atoms with Crippen LogP contribution in [0.3, 0.4) is 0 Å². The zero-order valence-corrected chi connectivity index (χ0v) is 14.9. The van der Waals surface area contributed by atoms with Gasteiger partial charge in [-0.15, -0.1) is 0 Å². The molecule has 0 aliphatic carbocycles. The lowest BCUT2D eigenvalue weighted by Gasteiger charge is -2.21. The first kappa shape index (κ1) is 18.0. The molecular weight excluding hydrogens is 298 g/mol. The van der Waals surface area contributed by atoms with Crippen LogP contribution in [0.1, 0.15) is 48.2 Å². The monoisotopic (exact) mass is 325 g/mol. The normalized spacial score (nSPS) is 10.5. The highest BCUT2D eigenvalue weighted by Crippen LogP contribution is 2.12. The summed E-state index contributed by atoms with van der Waals surface area (Å²) in [6, 6.07) is 12.0. The Bertz CT molecular complexity index is 646. The standard InChI is InChI=1S/C20H27N3O/c1-4-12-23(13-5-2)20(24)18-10-11-21-19(14-18)22-15-17-8-6-16(3)7-9-17/h6-11,14H,4-5,12-13,15H2,1-3H3,(H,21,22). The lowest BCUT2D eigenvalue weighted by atomic mass is 10.1. The summed E-state index contributed by atoms with van der Waals surface area (Å²) in [5.74, 6) is 0.814. The lowest BCUT2D eigenvalue weighted by molar-refractivity contribution is 0.0755. The molecule has 0 aliphatic rings. The van der Waals surface area contributed by atoms with Gasteiger partial charge in [0.05, 0.1) is 0 Å². The fraction of sp³-hybridized carbons (Fsp3) is 0.400. The number of hydrogen-bond donors (Lipinski definition) is 1. The van der Waals surface area contributed by atoms with E-state index in [-0.39, 0.29) is 5.91 Å². The second-order valence-electron chi connectivity index (χ2n) is 6.06. The molecule has 0 bridgehead atoms. The second kappa shape index (κ2) is 9.06. The predicted molar refractivity (Wildman–Crippen MR) is 99.2 cm³/mol. The van der Waals surface area contributed by atoms with Crippen LogP contribution in [0.2, 0.25) is 0 Å². The molecule has 0 aliphatic heterocycles. The van der Waals surface area contributed by atoms with Crippen LogP contribution in [0, 0.1) is 6.92 Å². The van der Waals surface area contributed by atoms with E-state index >= 15 is 0 Å². The van der Waals surface area contributed by atoms with E-state index in [2.05, 4.69) is 55.3 Å². The average Bonchev–Trinajstić information content (AvgIpc) is 2.61. The Morgan fingerprint density at radius 3 is 2.38 bits per heavy atom. The lowest BCUT2D eigenvalue weighted by Crippen LogP contribution is -2.32. The van der Waals surface area contributed by atoms with E-state index < -0.39 is 0 Å². The van der Waals surface area contributed by atoms with Gasteiger partial charge in [0.25, 0.3) is 5.91 Å². The molecular formula is C20H27N3O. The van der Waals surface area contributed by atoms with Gasteiger partial charge in [-0.25, -0.2) is 4.98 Å². The minimum absolute atomic E-state index is 0.0829. The maximum Gasteiger partial charge on any atom is 0.254 e. The van der Waals surface area contributed by atoms with Gasteiger partial charge in [0.1, 0.15) is 5.82 Å². The molecule has 0 unspecified atom stereocenters. The fourth-order valence-corrected chi connectivity index (χ4v) is 2.60. The molecule has 24 heavy (non-hydrogen) atoms. The van der Waals surface area contributed by atoms with Crippen molar-refractivity contribution in [3.8, 4) is 0 Å². The number of aromatic nitrogens is 1. The maximum absolute atomic E-state index is 12.7. The topological polar surface area (TPSA) is 45.2 Å². The number of hydrogen-bond acceptors (Lipinski definition) is 3. The number of amides is 1. The van der Waals surface area contributed by atoms with Crippen molar-refractivity contribution in [2.75, 3.05) is 18.4 Å². The third-order valence-electron chi connectivity index (χ3n) is 3.88. The molecule has 0 atom stereocenters. The number of anilines is 1. The average molecular weight is 325 g/mol. The Kier molecular flexibility index (Phi) is 6.79. The van der Waals surface area contributed by atoms with Gasteiger partial charge in [-0.05, 0) is 37.5 Å². The number of benzene rings is 1. The van der Waals surface area contributed by atoms with Crippen LogP contribution in [-0.2, 0) is 6.54 Å². The van der Waals surface area contributed by atoms with Crippen LogP contribution >= 0.6 is 0 Å². The maximum atomic E-state index is 12.7. The summed E-state index contributed by atoms with van der Waals surface area (Å²) in [4.78, 5) is 18.9. The summed E-state index contributed by atoms with van der Waals surface area (Å²) in [5.41, 5.74) is 3.13. The van der Waals surface area contributed by atoms with Crippen LogP contribution in [-0.4, -0.2) is 28.9 Å². The van der Waals surface area contributed by atoms with E-state index in [4.69, 9.17) is 0 Å². The summed E-state index contributed by atoms with van der Waals surface area (Å²) in [6.45, 7) is 8.54. The highest BCUT2D eigenvalue weighted by molar-refractivity contribution is 5.94. The Hall–Kier alpha value is -2.36. The van der Waals surface area contributed by atoms with Crippen molar-refractivity contribution in [1.29, 1.82) is 0 Å². The van der Waals surface area contributed by atoms with E-state index in [1.54, 1.807) is 12.3 Å². The quantitative estimate of drug-likeness (QED) is 0.788. The number of nitrogens with one attached hydrogen (secondary N) is 1. The molecule has 0 saturated heterocycles. The van der Waals surface area contributed by atoms with Crippen molar-refractivity contribution in [3.05, 3.63) is 59.3 Å². The molecule has 0 spiro atoms. The van der Waals surface area contributed by atoms with E-state index in [1.807, 2.05) is 11.0 Å². The summed E-state index contributed by atoms with van der Waals surface area (Å²) in [5, 5.41) is 3.30. The predicted octanol–water partition coefficient (Wildman–Crippen LogP) is 4.26. The molecule has 0 saturated carbocycles. The number of carbonyl (C=O) groups excluding carboxylic acids is 1. The number of carbonyl (C=O) groups is 1. The minimum atomic E-state index is 0.0829. The number of nitrogens with zero attached hydrogens (tertiary/aromatic N) is 2. The molecule has 1 amide bonds. The number of pyridine rings is 1. The second-order valence-corrected chi connectivity index (χ2v) is 6.06. The Labute approximate surface area is 144 Å². The van der Waals surface area contributed by atoms with Crippen molar-refractivity contribution in [3.63, 3.8) is 0 Å². The van der Waals surface area contributed by atoms with Gasteiger partial charge in [-0.3, -0.25) is 4.79 Å². The van der Waals surface area contributed by atoms with Crippen LogP contribution in [0.25, 0.3) is 0 Å². The molecule has 0 fully saturated rings. The first-order valence-electron chi connectivity index (χ1n) is 8.68. The van der Waals surface area contributed by atoms with Gasteiger partial charge in [-0.2, -0.15) is 0 Å². The van der Waals surface area contributed by atoms with Crippen molar-refractivity contribution in [1.82, 2.24) is 9.88 Å². The molecule has 2 rings (SSSR count). The SMILES string of the molecule is CCCN(CCC)C(=O)c1ccnc(NCc2ccc(C)cc2)c1. The Morgan fingerprint density at radius 2 is 1.75 bits per heavy atom. The third-order valence-corrected chi connectivity index (χ3v) is 3.88. The largest absolute Gasteiger partial charge is 0.366 e. The van der Waals surface area contributed by atoms with Gasteiger partial charge in [0.2, 0.25) is 0 Å². The van der Waals surface area contributed by atoms with E-state index in [9.17, 15) is 4.79 Å². The van der Waals surface area contributed by atoms with Crippen LogP contribution in [0.5, 0.6) is 0 Å². The van der Waals surface area contributed by atoms with Gasteiger partial charge in [0, 0.05) is 31.4 Å². The van der Waals surface area contributed by atoms with Gasteiger partial charge < -0.3 is 10.2 Å². The van der Waals surface area contributed by atoms with Crippen LogP contribution in [0.15, 0.2) is 42.6 Å². The summed E-state index contributed by atoms with van der Waals surface area (Å²) in [6.07, 6.45) is 3.63. The minimum Gasteiger partial charge on any atom is -0.366 e. The smallest absolute Gasteiger partial charge is 0.254 e. The van der Waals surface area contributed by atoms with Crippen LogP contribution < -0.4 is 5.32 Å². The zero-order chi connectivity index (χ0) is 17.4. The third kappa shape index (κ3) is 5.08. The molecule has 2 aromatic rings. The van der Waals surface area contributed by atoms with Gasteiger partial charge in [0.15, 0.2) is 0 Å². The van der Waals surface area contributed by atoms with E-state index in [0.717, 1.165) is 31.7 Å². The van der Waals surface area contributed by atoms with Crippen molar-refractivity contribution in [2.45, 2.75) is 40.2 Å². The van der Waals surface area contributed by atoms with Gasteiger partial charge in [-0.1, -0.05) is 43.7 Å². The zero-order valence-electron chi connectivity index (χ0n) is 14.9. The first-order valence-corrected chi connectivity index (χ1v) is 8.68. The van der Waals surface area contributed by atoms with Crippen molar-refractivity contribution >= 4 is 11.7 Å². The molecule has 1 heterocycles. The van der Waals surface area contributed by atoms with Gasteiger partial charge >= 0.3 is 0 Å². The molecule has 1 aromatic carbocycles. The molecule has 1 N–H and O–H groups in total. The Morgan fingerprint density at radius 1 is 1.08 bits per heavy atom. The van der Waals surface area contributed by atoms with Crippen LogP contribution in [0.4, 0.5) is 5.82 Å². The Balaban J connectivity index is 2.04. The van der Waals surface area contributed by atoms with E-state index in [0.29, 0.717) is 12.1 Å². The number of aryl methyl sites for hydroxylation is 1. The molecule has 0 radical (unpaired) electrons. The summed E-state index contributed by atoms with van der Waals surface area (Å²) in [7, 11) is 0.